The Bertz CT molecular complexity index is 3950. The van der Waals surface area contributed by atoms with E-state index in [9.17, 15) is 26.4 Å². The standard InChI is InChI=1S/C24H17N5O3S2.C18H18N4O3S.C14H13N3O/c30-23(27-17-5-7-18(8-6-17)34(31,32)29-24-26-13-14-33-24)20-15-22(16-9-11-25-12-10-16)28-21-4-2-1-3-19(20)21;1-12-13(2)21-25-18(12)22-26(23,24)17-6-4-16(5-7-17)20-14(3)15-8-10-19-11-9-15;1-10(11-6-8-16-9-7-11)17-13-4-2-12(3-5-13)14(15)18/h1-15H,(H,26,29)(H,27,30);4-11,20,22H,3H2,1-2H3;2-9,17H,1H2,(H2,15,18). The van der Waals surface area contributed by atoms with Crippen LogP contribution in [-0.4, -0.2) is 58.7 Å². The molecule has 0 aliphatic rings. The van der Waals surface area contributed by atoms with Crippen molar-refractivity contribution in [3.05, 3.63) is 235 Å². The molecule has 22 heteroatoms. The topological polar surface area (TPSA) is 279 Å². The van der Waals surface area contributed by atoms with Crippen LogP contribution in [-0.2, 0) is 20.0 Å². The second-order valence-corrected chi connectivity index (χ2v) is 21.0. The lowest BCUT2D eigenvalue weighted by atomic mass is 10.0. The molecule has 78 heavy (non-hydrogen) atoms. The maximum atomic E-state index is 13.2. The summed E-state index contributed by atoms with van der Waals surface area (Å²) < 4.78 is 59.8. The quantitative estimate of drug-likeness (QED) is 0.0525. The van der Waals surface area contributed by atoms with Gasteiger partial charge in [0.2, 0.25) is 11.8 Å². The monoisotopic (exact) mass is 1100 g/mol. The molecule has 7 N–H and O–H groups in total. The SMILES string of the molecule is C=C(Nc1ccc(C(N)=O)cc1)c1ccncc1.C=C(Nc1ccc(S(=O)(=O)Nc2onc(C)c2C)cc1)c1ccncc1.O=C(Nc1ccc(S(=O)(=O)Nc2nccs2)cc1)c1cc(-c2ccncc2)nc2ccccc12. The zero-order chi connectivity index (χ0) is 55.2. The average molecular weight is 1100 g/mol. The van der Waals surface area contributed by atoms with Crippen LogP contribution in [0.25, 0.3) is 33.6 Å². The van der Waals surface area contributed by atoms with Crippen molar-refractivity contribution in [1.82, 2.24) is 30.1 Å². The molecule has 0 aliphatic heterocycles. The van der Waals surface area contributed by atoms with Gasteiger partial charge in [-0.3, -0.25) is 29.3 Å². The number of rotatable bonds is 16. The first-order valence-corrected chi connectivity index (χ1v) is 27.2. The molecule has 10 rings (SSSR count). The fraction of sp³-hybridized carbons (Fsp3) is 0.0357. The summed E-state index contributed by atoms with van der Waals surface area (Å²) in [5.74, 6) is -0.643. The minimum absolute atomic E-state index is 0.0648. The van der Waals surface area contributed by atoms with Crippen LogP contribution in [0.2, 0.25) is 0 Å². The molecule has 0 radical (unpaired) electrons. The smallest absolute Gasteiger partial charge is 0.264 e. The van der Waals surface area contributed by atoms with Crippen LogP contribution in [0.15, 0.2) is 216 Å². The van der Waals surface area contributed by atoms with Crippen molar-refractivity contribution in [3.63, 3.8) is 0 Å². The van der Waals surface area contributed by atoms with E-state index in [1.165, 1.54) is 41.8 Å². The second kappa shape index (κ2) is 24.6. The van der Waals surface area contributed by atoms with Gasteiger partial charge in [0.25, 0.3) is 26.0 Å². The fourth-order valence-electron chi connectivity index (χ4n) is 7.12. The molecule has 0 aliphatic carbocycles. The third-order valence-electron chi connectivity index (χ3n) is 11.4. The zero-order valence-corrected chi connectivity index (χ0v) is 44.1. The van der Waals surface area contributed by atoms with Gasteiger partial charge in [-0.05, 0) is 135 Å². The fourth-order valence-corrected chi connectivity index (χ4v) is 9.96. The number of primary amides is 1. The number of nitrogens with one attached hydrogen (secondary N) is 5. The Morgan fingerprint density at radius 1 is 0.590 bits per heavy atom. The molecule has 0 spiro atoms. The summed E-state index contributed by atoms with van der Waals surface area (Å²) in [5.41, 5.74) is 14.9. The number of carbonyl (C=O) groups is 2. The molecule has 0 fully saturated rings. The van der Waals surface area contributed by atoms with Gasteiger partial charge in [-0.1, -0.05) is 36.5 Å². The number of fused-ring (bicyclic) bond motifs is 1. The van der Waals surface area contributed by atoms with Crippen molar-refractivity contribution >= 4 is 93.6 Å². The molecule has 2 amide bonds. The van der Waals surface area contributed by atoms with Gasteiger partial charge in [0.1, 0.15) is 0 Å². The lowest BCUT2D eigenvalue weighted by Gasteiger charge is -2.11. The van der Waals surface area contributed by atoms with Crippen LogP contribution < -0.4 is 31.1 Å². The number of nitrogens with zero attached hydrogens (tertiary/aromatic N) is 6. The first-order chi connectivity index (χ1) is 37.5. The van der Waals surface area contributed by atoms with E-state index in [0.717, 1.165) is 33.8 Å². The lowest BCUT2D eigenvalue weighted by Crippen LogP contribution is -2.14. The van der Waals surface area contributed by atoms with E-state index in [4.69, 9.17) is 10.3 Å². The number of benzene rings is 4. The van der Waals surface area contributed by atoms with Crippen molar-refractivity contribution in [2.75, 3.05) is 25.4 Å². The number of amides is 2. The third kappa shape index (κ3) is 14.1. The number of anilines is 5. The largest absolute Gasteiger partial charge is 0.366 e. The maximum absolute atomic E-state index is 13.2. The first kappa shape index (κ1) is 54.4. The summed E-state index contributed by atoms with van der Waals surface area (Å²) in [6.07, 6.45) is 11.6. The lowest BCUT2D eigenvalue weighted by molar-refractivity contribution is 0.0997. The number of carbonyl (C=O) groups excluding carboxylic acids is 2. The number of aromatic nitrogens is 6. The molecule has 392 valence electrons. The molecule has 10 aromatic rings. The van der Waals surface area contributed by atoms with Gasteiger partial charge in [-0.25, -0.2) is 31.5 Å². The number of nitrogens with two attached hydrogens (primary N) is 1. The number of pyridine rings is 4. The number of sulfonamides is 2. The zero-order valence-electron chi connectivity index (χ0n) is 41.7. The predicted molar refractivity (Wildman–Crippen MR) is 304 cm³/mol. The highest BCUT2D eigenvalue weighted by Gasteiger charge is 2.20. The van der Waals surface area contributed by atoms with E-state index in [-0.39, 0.29) is 26.7 Å². The highest BCUT2D eigenvalue weighted by atomic mass is 32.2. The third-order valence-corrected chi connectivity index (χ3v) is 14.9. The molecule has 6 heterocycles. The normalized spacial score (nSPS) is 10.9. The molecule has 0 bridgehead atoms. The van der Waals surface area contributed by atoms with Gasteiger partial charge >= 0.3 is 0 Å². The van der Waals surface area contributed by atoms with Crippen LogP contribution >= 0.6 is 11.3 Å². The molecule has 19 nitrogen and oxygen atoms in total. The Balaban J connectivity index is 0.000000162. The molecule has 4 aromatic carbocycles. The van der Waals surface area contributed by atoms with Crippen LogP contribution in [0.3, 0.4) is 0 Å². The number of aryl methyl sites for hydroxylation is 1. The Morgan fingerprint density at radius 3 is 1.59 bits per heavy atom. The number of hydrogen-bond acceptors (Lipinski definition) is 16. The van der Waals surface area contributed by atoms with Gasteiger partial charge in [0.15, 0.2) is 5.13 Å². The predicted octanol–water partition coefficient (Wildman–Crippen LogP) is 10.6. The molecule has 0 saturated carbocycles. The van der Waals surface area contributed by atoms with E-state index in [2.05, 4.69) is 68.6 Å². The van der Waals surface area contributed by atoms with E-state index in [1.807, 2.05) is 60.7 Å². The van der Waals surface area contributed by atoms with E-state index in [0.29, 0.717) is 50.4 Å². The van der Waals surface area contributed by atoms with Gasteiger partial charge < -0.3 is 26.2 Å². The number of thiazole rings is 1. The number of para-hydroxylation sites is 1. The summed E-state index contributed by atoms with van der Waals surface area (Å²) in [6.45, 7) is 11.4. The van der Waals surface area contributed by atoms with Crippen molar-refractivity contribution in [3.8, 4) is 11.3 Å². The Hall–Kier alpha value is -9.90. The van der Waals surface area contributed by atoms with Gasteiger partial charge in [-0.2, -0.15) is 0 Å². The highest BCUT2D eigenvalue weighted by Crippen LogP contribution is 2.28. The Labute approximate surface area is 453 Å². The van der Waals surface area contributed by atoms with Crippen molar-refractivity contribution in [1.29, 1.82) is 0 Å². The summed E-state index contributed by atoms with van der Waals surface area (Å²) in [6, 6.07) is 39.4. The molecule has 0 atom stereocenters. The van der Waals surface area contributed by atoms with Crippen LogP contribution in [0.5, 0.6) is 0 Å². The minimum atomic E-state index is -3.77. The summed E-state index contributed by atoms with van der Waals surface area (Å²) in [5, 5.41) is 15.6. The van der Waals surface area contributed by atoms with E-state index in [1.54, 1.807) is 111 Å². The van der Waals surface area contributed by atoms with Crippen LogP contribution in [0.4, 0.5) is 28.1 Å². The highest BCUT2D eigenvalue weighted by molar-refractivity contribution is 7.93. The molecule has 0 unspecified atom stereocenters. The average Bonchev–Trinajstić information content (AvgIpc) is 4.09. The molecular formula is C56H48N12O7S3. The van der Waals surface area contributed by atoms with Gasteiger partial charge in [0.05, 0.1) is 32.3 Å². The minimum Gasteiger partial charge on any atom is -0.366 e. The van der Waals surface area contributed by atoms with Crippen LogP contribution in [0, 0.1) is 13.8 Å². The molecule has 6 aromatic heterocycles. The Morgan fingerprint density at radius 2 is 1.09 bits per heavy atom. The maximum Gasteiger partial charge on any atom is 0.264 e. The van der Waals surface area contributed by atoms with Crippen LogP contribution in [0.1, 0.15) is 43.1 Å². The van der Waals surface area contributed by atoms with Crippen molar-refractivity contribution < 1.29 is 30.9 Å². The van der Waals surface area contributed by atoms with Gasteiger partial charge in [-0.15, -0.1) is 11.3 Å². The van der Waals surface area contributed by atoms with E-state index >= 15 is 0 Å². The Kier molecular flexibility index (Phi) is 17.2. The summed E-state index contributed by atoms with van der Waals surface area (Å²) in [4.78, 5) is 44.9. The first-order valence-electron chi connectivity index (χ1n) is 23.3. The second-order valence-electron chi connectivity index (χ2n) is 16.7. The number of hydrogen-bond donors (Lipinski definition) is 6. The van der Waals surface area contributed by atoms with Gasteiger partial charge in [0, 0.05) is 110 Å². The van der Waals surface area contributed by atoms with Crippen molar-refractivity contribution in [2.45, 2.75) is 23.6 Å². The molecular weight excluding hydrogens is 1050 g/mol. The summed E-state index contributed by atoms with van der Waals surface area (Å²) >= 11 is 1.19. The summed E-state index contributed by atoms with van der Waals surface area (Å²) in [7, 11) is -7.54. The van der Waals surface area contributed by atoms with E-state index < -0.39 is 26.0 Å². The molecule has 0 saturated heterocycles. The van der Waals surface area contributed by atoms with Crippen molar-refractivity contribution in [2.24, 2.45) is 5.73 Å².